The summed E-state index contributed by atoms with van der Waals surface area (Å²) in [5.41, 5.74) is 1.88. The molecule has 0 aliphatic rings. The number of halogens is 1. The fourth-order valence-corrected chi connectivity index (χ4v) is 2.05. The third kappa shape index (κ3) is 5.87. The number of nitrogens with one attached hydrogen (secondary N) is 2. The molecule has 1 heterocycles. The zero-order valence-corrected chi connectivity index (χ0v) is 14.1. The Hall–Kier alpha value is -2.63. The van der Waals surface area contributed by atoms with E-state index in [1.54, 1.807) is 19.3 Å². The molecule has 0 aliphatic carbocycles. The Morgan fingerprint density at radius 2 is 1.96 bits per heavy atom. The van der Waals surface area contributed by atoms with Gasteiger partial charge in [0.2, 0.25) is 5.88 Å². The normalized spacial score (nSPS) is 11.2. The molecule has 0 unspecified atom stereocenters. The van der Waals surface area contributed by atoms with Gasteiger partial charge >= 0.3 is 0 Å². The fourth-order valence-electron chi connectivity index (χ4n) is 2.05. The number of guanidine groups is 1. The van der Waals surface area contributed by atoms with Gasteiger partial charge in [-0.1, -0.05) is 25.1 Å². The van der Waals surface area contributed by atoms with E-state index in [1.807, 2.05) is 18.2 Å². The molecule has 5 nitrogen and oxygen atoms in total. The predicted molar refractivity (Wildman–Crippen MR) is 93.5 cm³/mol. The third-order valence-electron chi connectivity index (χ3n) is 3.28. The number of pyridine rings is 1. The molecule has 0 aliphatic heterocycles. The number of hydrogen-bond acceptors (Lipinski definition) is 3. The lowest BCUT2D eigenvalue weighted by Crippen LogP contribution is -2.36. The van der Waals surface area contributed by atoms with Gasteiger partial charge in [0.25, 0.3) is 0 Å². The summed E-state index contributed by atoms with van der Waals surface area (Å²) in [5.74, 6) is 1.04. The van der Waals surface area contributed by atoms with E-state index in [9.17, 15) is 4.39 Å². The molecule has 0 atom stereocenters. The van der Waals surface area contributed by atoms with Crippen molar-refractivity contribution in [3.05, 3.63) is 59.5 Å². The molecular weight excluding hydrogens is 307 g/mol. The van der Waals surface area contributed by atoms with Crippen molar-refractivity contribution < 1.29 is 9.13 Å². The highest BCUT2D eigenvalue weighted by Gasteiger charge is 2.01. The number of benzene rings is 1. The number of aromatic nitrogens is 1. The second kappa shape index (κ2) is 9.50. The molecule has 2 aromatic rings. The summed E-state index contributed by atoms with van der Waals surface area (Å²) in [6, 6.07) is 10.3. The molecule has 2 rings (SSSR count). The van der Waals surface area contributed by atoms with Gasteiger partial charge in [-0.3, -0.25) is 4.99 Å². The van der Waals surface area contributed by atoms with Crippen LogP contribution >= 0.6 is 0 Å². The lowest BCUT2D eigenvalue weighted by Gasteiger charge is -2.12. The molecule has 0 saturated heterocycles. The first-order valence-electron chi connectivity index (χ1n) is 7.98. The van der Waals surface area contributed by atoms with Crippen molar-refractivity contribution in [2.45, 2.75) is 26.4 Å². The highest BCUT2D eigenvalue weighted by molar-refractivity contribution is 5.79. The van der Waals surface area contributed by atoms with Crippen LogP contribution in [0.2, 0.25) is 0 Å². The van der Waals surface area contributed by atoms with Crippen molar-refractivity contribution in [1.82, 2.24) is 15.6 Å². The van der Waals surface area contributed by atoms with Crippen LogP contribution in [0.1, 0.15) is 24.5 Å². The first-order chi connectivity index (χ1) is 11.7. The number of rotatable bonds is 7. The van der Waals surface area contributed by atoms with Gasteiger partial charge in [-0.2, -0.15) is 0 Å². The molecule has 0 saturated carbocycles. The molecule has 0 radical (unpaired) electrons. The molecule has 1 aromatic heterocycles. The van der Waals surface area contributed by atoms with Gasteiger partial charge in [0.1, 0.15) is 5.82 Å². The standard InChI is InChI=1S/C18H23FN4O/c1-3-9-24-17-8-7-15(12-21-17)13-23-18(20-2)22-11-14-5-4-6-16(19)10-14/h4-8,10,12H,3,9,11,13H2,1-2H3,(H2,20,22,23). The van der Waals surface area contributed by atoms with Crippen LogP contribution in [0.4, 0.5) is 4.39 Å². The van der Waals surface area contributed by atoms with Crippen molar-refractivity contribution >= 4 is 5.96 Å². The van der Waals surface area contributed by atoms with E-state index in [0.29, 0.717) is 31.5 Å². The zero-order valence-electron chi connectivity index (χ0n) is 14.1. The molecule has 0 fully saturated rings. The Morgan fingerprint density at radius 1 is 1.17 bits per heavy atom. The summed E-state index contributed by atoms with van der Waals surface area (Å²) in [4.78, 5) is 8.41. The van der Waals surface area contributed by atoms with E-state index in [4.69, 9.17) is 4.74 Å². The predicted octanol–water partition coefficient (Wildman–Crippen LogP) is 2.87. The molecule has 24 heavy (non-hydrogen) atoms. The average Bonchev–Trinajstić information content (AvgIpc) is 2.61. The van der Waals surface area contributed by atoms with Gasteiger partial charge in [0, 0.05) is 32.4 Å². The van der Waals surface area contributed by atoms with Gasteiger partial charge in [0.15, 0.2) is 5.96 Å². The first-order valence-corrected chi connectivity index (χ1v) is 7.98. The van der Waals surface area contributed by atoms with E-state index in [1.165, 1.54) is 12.1 Å². The molecule has 0 spiro atoms. The summed E-state index contributed by atoms with van der Waals surface area (Å²) in [6.07, 6.45) is 2.73. The molecule has 0 bridgehead atoms. The van der Waals surface area contributed by atoms with E-state index in [0.717, 1.165) is 17.5 Å². The largest absolute Gasteiger partial charge is 0.478 e. The lowest BCUT2D eigenvalue weighted by atomic mass is 10.2. The van der Waals surface area contributed by atoms with Crippen molar-refractivity contribution in [2.24, 2.45) is 4.99 Å². The first kappa shape index (κ1) is 17.7. The van der Waals surface area contributed by atoms with Gasteiger partial charge in [-0.15, -0.1) is 0 Å². The van der Waals surface area contributed by atoms with Crippen LogP contribution in [0.25, 0.3) is 0 Å². The van der Waals surface area contributed by atoms with Gasteiger partial charge < -0.3 is 15.4 Å². The molecule has 0 amide bonds. The minimum atomic E-state index is -0.242. The summed E-state index contributed by atoms with van der Waals surface area (Å²) in [5, 5.41) is 6.35. The Bertz CT molecular complexity index is 658. The van der Waals surface area contributed by atoms with E-state index < -0.39 is 0 Å². The van der Waals surface area contributed by atoms with Crippen molar-refractivity contribution in [3.8, 4) is 5.88 Å². The van der Waals surface area contributed by atoms with Crippen LogP contribution in [-0.4, -0.2) is 24.6 Å². The number of ether oxygens (including phenoxy) is 1. The topological polar surface area (TPSA) is 58.5 Å². The second-order valence-electron chi connectivity index (χ2n) is 5.26. The van der Waals surface area contributed by atoms with Crippen LogP contribution in [0.3, 0.4) is 0 Å². The maximum Gasteiger partial charge on any atom is 0.213 e. The average molecular weight is 330 g/mol. The van der Waals surface area contributed by atoms with Crippen LogP contribution in [0, 0.1) is 5.82 Å². The van der Waals surface area contributed by atoms with Gasteiger partial charge in [0.05, 0.1) is 6.61 Å². The summed E-state index contributed by atoms with van der Waals surface area (Å²) >= 11 is 0. The zero-order chi connectivity index (χ0) is 17.2. The lowest BCUT2D eigenvalue weighted by molar-refractivity contribution is 0.305. The van der Waals surface area contributed by atoms with Crippen LogP contribution in [0.5, 0.6) is 5.88 Å². The Labute approximate surface area is 142 Å². The van der Waals surface area contributed by atoms with Gasteiger partial charge in [-0.05, 0) is 29.7 Å². The van der Waals surface area contributed by atoms with Crippen LogP contribution in [0.15, 0.2) is 47.6 Å². The Kier molecular flexibility index (Phi) is 7.01. The van der Waals surface area contributed by atoms with Crippen LogP contribution in [-0.2, 0) is 13.1 Å². The maximum absolute atomic E-state index is 13.2. The number of nitrogens with zero attached hydrogens (tertiary/aromatic N) is 2. The summed E-state index contributed by atoms with van der Waals surface area (Å²) in [7, 11) is 1.70. The summed E-state index contributed by atoms with van der Waals surface area (Å²) < 4.78 is 18.6. The van der Waals surface area contributed by atoms with Crippen LogP contribution < -0.4 is 15.4 Å². The van der Waals surface area contributed by atoms with Gasteiger partial charge in [-0.25, -0.2) is 9.37 Å². The fraction of sp³-hybridized carbons (Fsp3) is 0.333. The van der Waals surface area contributed by atoms with E-state index >= 15 is 0 Å². The Balaban J connectivity index is 1.80. The Morgan fingerprint density at radius 3 is 2.58 bits per heavy atom. The molecule has 128 valence electrons. The van der Waals surface area contributed by atoms with Crippen molar-refractivity contribution in [1.29, 1.82) is 0 Å². The smallest absolute Gasteiger partial charge is 0.213 e. The minimum absolute atomic E-state index is 0.242. The monoisotopic (exact) mass is 330 g/mol. The molecule has 2 N–H and O–H groups in total. The van der Waals surface area contributed by atoms with Crippen molar-refractivity contribution in [2.75, 3.05) is 13.7 Å². The van der Waals surface area contributed by atoms with E-state index in [2.05, 4.69) is 27.5 Å². The number of hydrogen-bond donors (Lipinski definition) is 2. The SMILES string of the molecule is CCCOc1ccc(CNC(=NC)NCc2cccc(F)c2)cn1. The highest BCUT2D eigenvalue weighted by atomic mass is 19.1. The maximum atomic E-state index is 13.2. The van der Waals surface area contributed by atoms with Crippen molar-refractivity contribution in [3.63, 3.8) is 0 Å². The molecular formula is C18H23FN4O. The quantitative estimate of drug-likeness (QED) is 0.605. The second-order valence-corrected chi connectivity index (χ2v) is 5.26. The number of aliphatic imine (C=N–C) groups is 1. The summed E-state index contributed by atoms with van der Waals surface area (Å²) in [6.45, 7) is 3.81. The highest BCUT2D eigenvalue weighted by Crippen LogP contribution is 2.08. The molecule has 1 aromatic carbocycles. The minimum Gasteiger partial charge on any atom is -0.478 e. The molecule has 6 heteroatoms. The third-order valence-corrected chi connectivity index (χ3v) is 3.28. The van der Waals surface area contributed by atoms with E-state index in [-0.39, 0.29) is 5.82 Å².